The second-order valence-corrected chi connectivity index (χ2v) is 6.96. The quantitative estimate of drug-likeness (QED) is 0.828. The Balaban J connectivity index is 1.52. The lowest BCUT2D eigenvalue weighted by atomic mass is 10.1. The summed E-state index contributed by atoms with van der Waals surface area (Å²) in [6.07, 6.45) is -0.100. The molecule has 0 aromatic heterocycles. The van der Waals surface area contributed by atoms with Gasteiger partial charge in [0.25, 0.3) is 5.91 Å². The number of carbonyl (C=O) groups excluding carboxylic acids is 1. The first-order chi connectivity index (χ1) is 12.1. The minimum absolute atomic E-state index is 0.0336. The summed E-state index contributed by atoms with van der Waals surface area (Å²) in [5.74, 6) is -0.960. The van der Waals surface area contributed by atoms with E-state index in [1.54, 1.807) is 6.07 Å². The molecule has 4 nitrogen and oxygen atoms in total. The van der Waals surface area contributed by atoms with Crippen LogP contribution in [0.2, 0.25) is 0 Å². The number of ether oxygens (including phenoxy) is 1. The van der Waals surface area contributed by atoms with Gasteiger partial charge in [-0.25, -0.2) is 4.39 Å². The molecule has 1 aliphatic rings. The van der Waals surface area contributed by atoms with Crippen LogP contribution in [0.25, 0.3) is 0 Å². The molecule has 1 atom stereocenters. The average molecular weight is 407 g/mol. The molecular formula is C19H20BrFN2O2. The Kier molecular flexibility index (Phi) is 6.18. The summed E-state index contributed by atoms with van der Waals surface area (Å²) >= 11 is 3.25. The SMILES string of the molecule is O=C(NCC1CN(Cc2ccccc2)CCO1)c1cc(Br)ccc1F. The number of hydrogen-bond donors (Lipinski definition) is 1. The van der Waals surface area contributed by atoms with Crippen molar-refractivity contribution in [3.8, 4) is 0 Å². The first-order valence-corrected chi connectivity index (χ1v) is 9.02. The summed E-state index contributed by atoms with van der Waals surface area (Å²) in [5.41, 5.74) is 1.29. The largest absolute Gasteiger partial charge is 0.374 e. The summed E-state index contributed by atoms with van der Waals surface area (Å²) in [6, 6.07) is 14.6. The molecule has 1 unspecified atom stereocenters. The zero-order valence-electron chi connectivity index (χ0n) is 13.8. The van der Waals surface area contributed by atoms with Gasteiger partial charge in [-0.2, -0.15) is 0 Å². The fraction of sp³-hybridized carbons (Fsp3) is 0.316. The van der Waals surface area contributed by atoms with E-state index in [-0.39, 0.29) is 11.7 Å². The Morgan fingerprint density at radius 1 is 1.28 bits per heavy atom. The van der Waals surface area contributed by atoms with Crippen molar-refractivity contribution in [3.05, 3.63) is 69.9 Å². The summed E-state index contributed by atoms with van der Waals surface area (Å²) in [4.78, 5) is 14.5. The highest BCUT2D eigenvalue weighted by molar-refractivity contribution is 9.10. The molecule has 3 rings (SSSR count). The molecule has 0 bridgehead atoms. The topological polar surface area (TPSA) is 41.6 Å². The number of rotatable bonds is 5. The van der Waals surface area contributed by atoms with Gasteiger partial charge in [-0.3, -0.25) is 9.69 Å². The van der Waals surface area contributed by atoms with E-state index in [1.807, 2.05) is 18.2 Å². The number of halogens is 2. The molecule has 0 saturated carbocycles. The van der Waals surface area contributed by atoms with Gasteiger partial charge in [0.1, 0.15) is 5.82 Å². The second kappa shape index (κ2) is 8.56. The van der Waals surface area contributed by atoms with Gasteiger partial charge in [0, 0.05) is 30.7 Å². The predicted molar refractivity (Wildman–Crippen MR) is 97.9 cm³/mol. The maximum absolute atomic E-state index is 13.8. The maximum Gasteiger partial charge on any atom is 0.254 e. The van der Waals surface area contributed by atoms with Crippen molar-refractivity contribution in [2.75, 3.05) is 26.2 Å². The normalized spacial score (nSPS) is 18.1. The predicted octanol–water partition coefficient (Wildman–Crippen LogP) is 3.22. The number of benzene rings is 2. The summed E-state index contributed by atoms with van der Waals surface area (Å²) in [7, 11) is 0. The molecule has 25 heavy (non-hydrogen) atoms. The molecule has 0 aliphatic carbocycles. The smallest absolute Gasteiger partial charge is 0.254 e. The van der Waals surface area contributed by atoms with Gasteiger partial charge >= 0.3 is 0 Å². The van der Waals surface area contributed by atoms with Gasteiger partial charge in [-0.15, -0.1) is 0 Å². The molecular weight excluding hydrogens is 387 g/mol. The third kappa shape index (κ3) is 5.11. The monoisotopic (exact) mass is 406 g/mol. The Labute approximate surface area is 155 Å². The second-order valence-electron chi connectivity index (χ2n) is 6.05. The van der Waals surface area contributed by atoms with E-state index in [4.69, 9.17) is 4.74 Å². The molecule has 1 N–H and O–H groups in total. The van der Waals surface area contributed by atoms with E-state index >= 15 is 0 Å². The van der Waals surface area contributed by atoms with Gasteiger partial charge in [-0.05, 0) is 23.8 Å². The molecule has 1 aliphatic heterocycles. The molecule has 0 radical (unpaired) electrons. The van der Waals surface area contributed by atoms with Crippen molar-refractivity contribution in [3.63, 3.8) is 0 Å². The standard InChI is InChI=1S/C19H20BrFN2O2/c20-15-6-7-18(21)17(10-15)19(24)22-11-16-13-23(8-9-25-16)12-14-4-2-1-3-5-14/h1-7,10,16H,8-9,11-13H2,(H,22,24). The Hall–Kier alpha value is -1.76. The van der Waals surface area contributed by atoms with Crippen molar-refractivity contribution >= 4 is 21.8 Å². The molecule has 0 spiro atoms. The van der Waals surface area contributed by atoms with Crippen LogP contribution in [0.3, 0.4) is 0 Å². The van der Waals surface area contributed by atoms with Gasteiger partial charge in [-0.1, -0.05) is 46.3 Å². The van der Waals surface area contributed by atoms with Gasteiger partial charge in [0.05, 0.1) is 18.3 Å². The van der Waals surface area contributed by atoms with Crippen molar-refractivity contribution in [2.45, 2.75) is 12.6 Å². The molecule has 1 heterocycles. The van der Waals surface area contributed by atoms with E-state index in [1.165, 1.54) is 17.7 Å². The van der Waals surface area contributed by atoms with Crippen LogP contribution in [-0.2, 0) is 11.3 Å². The fourth-order valence-electron chi connectivity index (χ4n) is 2.86. The zero-order chi connectivity index (χ0) is 17.6. The first-order valence-electron chi connectivity index (χ1n) is 8.23. The molecule has 2 aromatic rings. The third-order valence-electron chi connectivity index (χ3n) is 4.14. The van der Waals surface area contributed by atoms with Crippen LogP contribution >= 0.6 is 15.9 Å². The van der Waals surface area contributed by atoms with Crippen LogP contribution in [0, 0.1) is 5.82 Å². The number of morpholine rings is 1. The van der Waals surface area contributed by atoms with Crippen molar-refractivity contribution in [2.24, 2.45) is 0 Å². The van der Waals surface area contributed by atoms with Crippen LogP contribution < -0.4 is 5.32 Å². The Bertz CT molecular complexity index is 727. The number of amides is 1. The molecule has 132 valence electrons. The highest BCUT2D eigenvalue weighted by atomic mass is 79.9. The zero-order valence-corrected chi connectivity index (χ0v) is 15.3. The average Bonchev–Trinajstić information content (AvgIpc) is 2.63. The van der Waals surface area contributed by atoms with Crippen LogP contribution in [0.15, 0.2) is 53.0 Å². The fourth-order valence-corrected chi connectivity index (χ4v) is 3.22. The number of hydrogen-bond acceptors (Lipinski definition) is 3. The van der Waals surface area contributed by atoms with Crippen LogP contribution in [0.1, 0.15) is 15.9 Å². The van der Waals surface area contributed by atoms with E-state index in [0.717, 1.165) is 19.6 Å². The first kappa shape index (κ1) is 18.0. The third-order valence-corrected chi connectivity index (χ3v) is 4.63. The molecule has 1 saturated heterocycles. The lowest BCUT2D eigenvalue weighted by Gasteiger charge is -2.33. The highest BCUT2D eigenvalue weighted by Gasteiger charge is 2.22. The number of nitrogens with one attached hydrogen (secondary N) is 1. The highest BCUT2D eigenvalue weighted by Crippen LogP contribution is 2.16. The minimum atomic E-state index is -0.532. The van der Waals surface area contributed by atoms with Crippen molar-refractivity contribution in [1.82, 2.24) is 10.2 Å². The minimum Gasteiger partial charge on any atom is -0.374 e. The van der Waals surface area contributed by atoms with E-state index in [0.29, 0.717) is 17.6 Å². The van der Waals surface area contributed by atoms with Gasteiger partial charge < -0.3 is 10.1 Å². The van der Waals surface area contributed by atoms with E-state index in [9.17, 15) is 9.18 Å². The lowest BCUT2D eigenvalue weighted by Crippen LogP contribution is -2.47. The summed E-state index contributed by atoms with van der Waals surface area (Å²) in [5, 5.41) is 2.77. The van der Waals surface area contributed by atoms with Crippen LogP contribution in [0.4, 0.5) is 4.39 Å². The van der Waals surface area contributed by atoms with E-state index in [2.05, 4.69) is 38.3 Å². The molecule has 6 heteroatoms. The summed E-state index contributed by atoms with van der Waals surface area (Å²) in [6.45, 7) is 3.43. The van der Waals surface area contributed by atoms with Crippen molar-refractivity contribution in [1.29, 1.82) is 0 Å². The van der Waals surface area contributed by atoms with Gasteiger partial charge in [0.15, 0.2) is 0 Å². The van der Waals surface area contributed by atoms with E-state index < -0.39 is 11.7 Å². The summed E-state index contributed by atoms with van der Waals surface area (Å²) < 4.78 is 20.2. The van der Waals surface area contributed by atoms with Crippen molar-refractivity contribution < 1.29 is 13.9 Å². The lowest BCUT2D eigenvalue weighted by molar-refractivity contribution is -0.0292. The maximum atomic E-state index is 13.8. The number of carbonyl (C=O) groups is 1. The van der Waals surface area contributed by atoms with Crippen LogP contribution in [-0.4, -0.2) is 43.2 Å². The Morgan fingerprint density at radius 3 is 2.88 bits per heavy atom. The Morgan fingerprint density at radius 2 is 2.08 bits per heavy atom. The van der Waals surface area contributed by atoms with Crippen LogP contribution in [0.5, 0.6) is 0 Å². The molecule has 2 aromatic carbocycles. The number of nitrogens with zero attached hydrogens (tertiary/aromatic N) is 1. The van der Waals surface area contributed by atoms with Gasteiger partial charge in [0.2, 0.25) is 0 Å². The molecule has 1 amide bonds. The molecule has 1 fully saturated rings.